The normalized spacial score (nSPS) is 10.9. The largest absolute Gasteiger partial charge is 0.321 e. The van der Waals surface area contributed by atoms with Crippen LogP contribution in [0.25, 0.3) is 10.9 Å². The number of aldehydes is 1. The summed E-state index contributed by atoms with van der Waals surface area (Å²) in [6, 6.07) is 7.45. The van der Waals surface area contributed by atoms with E-state index < -0.39 is 0 Å². The Hall–Kier alpha value is -1.90. The molecule has 16 heavy (non-hydrogen) atoms. The molecule has 0 atom stereocenters. The molecular weight excluding hydrogens is 202 g/mol. The number of nitrogens with one attached hydrogen (secondary N) is 1. The maximum Gasteiger partial charge on any atom is 0.259 e. The van der Waals surface area contributed by atoms with Crippen molar-refractivity contribution in [2.45, 2.75) is 19.8 Å². The van der Waals surface area contributed by atoms with Crippen molar-refractivity contribution >= 4 is 17.2 Å². The summed E-state index contributed by atoms with van der Waals surface area (Å²) in [5.41, 5.74) is 1.77. The molecule has 3 heteroatoms. The van der Waals surface area contributed by atoms with Gasteiger partial charge in [0.2, 0.25) is 0 Å². The molecule has 1 aromatic carbocycles. The van der Waals surface area contributed by atoms with E-state index in [-0.39, 0.29) is 11.1 Å². The number of H-pyrrole nitrogens is 1. The van der Waals surface area contributed by atoms with E-state index in [0.29, 0.717) is 12.2 Å². The molecule has 1 heterocycles. The number of fused-ring (bicyclic) bond motifs is 1. The first kappa shape index (κ1) is 10.6. The molecule has 0 bridgehead atoms. The second-order valence-corrected chi connectivity index (χ2v) is 4.14. The summed E-state index contributed by atoms with van der Waals surface area (Å²) in [6.07, 6.45) is 0.584. The van der Waals surface area contributed by atoms with Crippen LogP contribution in [0.2, 0.25) is 0 Å². The van der Waals surface area contributed by atoms with E-state index in [9.17, 15) is 9.59 Å². The molecule has 1 aromatic heterocycles. The fourth-order valence-corrected chi connectivity index (χ4v) is 1.84. The highest BCUT2D eigenvalue weighted by Gasteiger charge is 2.07. The van der Waals surface area contributed by atoms with Gasteiger partial charge in [0.25, 0.3) is 5.56 Å². The van der Waals surface area contributed by atoms with Crippen LogP contribution < -0.4 is 5.56 Å². The molecule has 0 aliphatic carbocycles. The number of carbonyl (C=O) groups is 1. The van der Waals surface area contributed by atoms with Crippen molar-refractivity contribution in [1.29, 1.82) is 0 Å². The van der Waals surface area contributed by atoms with Crippen LogP contribution in [0.5, 0.6) is 0 Å². The Morgan fingerprint density at radius 3 is 2.69 bits per heavy atom. The monoisotopic (exact) mass is 215 g/mol. The minimum atomic E-state index is -0.324. The van der Waals surface area contributed by atoms with Crippen molar-refractivity contribution in [3.8, 4) is 0 Å². The van der Waals surface area contributed by atoms with Crippen LogP contribution in [0.3, 0.4) is 0 Å². The van der Waals surface area contributed by atoms with Crippen molar-refractivity contribution in [2.24, 2.45) is 0 Å². The molecule has 0 fully saturated rings. The first-order valence-corrected chi connectivity index (χ1v) is 5.24. The number of aromatic amines is 1. The van der Waals surface area contributed by atoms with Crippen LogP contribution in [0.1, 0.15) is 35.7 Å². The first-order chi connectivity index (χ1) is 7.63. The highest BCUT2D eigenvalue weighted by molar-refractivity contribution is 5.87. The second-order valence-electron chi connectivity index (χ2n) is 4.14. The molecule has 0 saturated carbocycles. The molecule has 0 amide bonds. The van der Waals surface area contributed by atoms with E-state index in [1.807, 2.05) is 18.2 Å². The Morgan fingerprint density at radius 1 is 1.31 bits per heavy atom. The molecule has 3 nitrogen and oxygen atoms in total. The van der Waals surface area contributed by atoms with Crippen molar-refractivity contribution in [1.82, 2.24) is 4.98 Å². The molecule has 0 aliphatic heterocycles. The Balaban J connectivity index is 2.85. The molecule has 82 valence electrons. The Bertz CT molecular complexity index is 596. The van der Waals surface area contributed by atoms with Gasteiger partial charge < -0.3 is 4.98 Å². The van der Waals surface area contributed by atoms with Crippen LogP contribution >= 0.6 is 0 Å². The van der Waals surface area contributed by atoms with E-state index in [1.54, 1.807) is 6.07 Å². The number of carbonyl (C=O) groups excluding carboxylic acids is 1. The molecular formula is C13H13NO2. The highest BCUT2D eigenvalue weighted by atomic mass is 16.1. The zero-order valence-electron chi connectivity index (χ0n) is 9.28. The van der Waals surface area contributed by atoms with Gasteiger partial charge >= 0.3 is 0 Å². The van der Waals surface area contributed by atoms with Crippen molar-refractivity contribution < 1.29 is 4.79 Å². The summed E-state index contributed by atoms with van der Waals surface area (Å²) in [7, 11) is 0. The van der Waals surface area contributed by atoms with Crippen LogP contribution in [0.15, 0.2) is 29.1 Å². The lowest BCUT2D eigenvalue weighted by molar-refractivity contribution is 0.112. The third-order valence-electron chi connectivity index (χ3n) is 2.69. The third kappa shape index (κ3) is 1.65. The molecule has 1 N–H and O–H groups in total. The standard InChI is InChI=1S/C13H13NO2/c1-8(2)11-5-3-4-9-6-10(7-15)13(16)14-12(9)11/h3-8H,1-2H3,(H,14,16). The molecule has 0 spiro atoms. The number of rotatable bonds is 2. The van der Waals surface area contributed by atoms with Crippen LogP contribution in [0, 0.1) is 0 Å². The third-order valence-corrected chi connectivity index (χ3v) is 2.69. The molecule has 2 aromatic rings. The van der Waals surface area contributed by atoms with E-state index in [2.05, 4.69) is 18.8 Å². The molecule has 0 saturated heterocycles. The maximum absolute atomic E-state index is 11.6. The number of hydrogen-bond donors (Lipinski definition) is 1. The van der Waals surface area contributed by atoms with Gasteiger partial charge in [-0.25, -0.2) is 0 Å². The number of aromatic nitrogens is 1. The quantitative estimate of drug-likeness (QED) is 0.782. The van der Waals surface area contributed by atoms with Gasteiger partial charge in [0.15, 0.2) is 6.29 Å². The SMILES string of the molecule is CC(C)c1cccc2cc(C=O)c(=O)[nH]c12. The molecule has 0 aliphatic rings. The fraction of sp³-hybridized carbons (Fsp3) is 0.231. The van der Waals surface area contributed by atoms with Crippen LogP contribution in [-0.4, -0.2) is 11.3 Å². The number of pyridine rings is 1. The van der Waals surface area contributed by atoms with Gasteiger partial charge in [0, 0.05) is 0 Å². The van der Waals surface area contributed by atoms with Crippen molar-refractivity contribution in [3.05, 3.63) is 45.7 Å². The second kappa shape index (κ2) is 3.93. The molecule has 0 radical (unpaired) electrons. The minimum Gasteiger partial charge on any atom is -0.321 e. The van der Waals surface area contributed by atoms with E-state index in [1.165, 1.54) is 0 Å². The molecule has 2 rings (SSSR count). The Kier molecular flexibility index (Phi) is 2.60. The summed E-state index contributed by atoms with van der Waals surface area (Å²) in [5, 5.41) is 0.896. The lowest BCUT2D eigenvalue weighted by Gasteiger charge is -2.09. The summed E-state index contributed by atoms with van der Waals surface area (Å²) in [6.45, 7) is 4.14. The lowest BCUT2D eigenvalue weighted by atomic mass is 9.99. The Morgan fingerprint density at radius 2 is 2.06 bits per heavy atom. The highest BCUT2D eigenvalue weighted by Crippen LogP contribution is 2.22. The van der Waals surface area contributed by atoms with Gasteiger partial charge in [-0.15, -0.1) is 0 Å². The average Bonchev–Trinajstić information content (AvgIpc) is 2.27. The number of para-hydroxylation sites is 1. The fourth-order valence-electron chi connectivity index (χ4n) is 1.84. The van der Waals surface area contributed by atoms with Crippen LogP contribution in [0.4, 0.5) is 0 Å². The summed E-state index contributed by atoms with van der Waals surface area (Å²) in [4.78, 5) is 25.0. The summed E-state index contributed by atoms with van der Waals surface area (Å²) < 4.78 is 0. The van der Waals surface area contributed by atoms with Gasteiger partial charge in [-0.05, 0) is 22.9 Å². The zero-order valence-corrected chi connectivity index (χ0v) is 9.28. The van der Waals surface area contributed by atoms with Crippen molar-refractivity contribution in [2.75, 3.05) is 0 Å². The maximum atomic E-state index is 11.6. The summed E-state index contributed by atoms with van der Waals surface area (Å²) in [5.74, 6) is 0.335. The lowest BCUT2D eigenvalue weighted by Crippen LogP contribution is -2.12. The van der Waals surface area contributed by atoms with Gasteiger partial charge in [0.05, 0.1) is 11.1 Å². The van der Waals surface area contributed by atoms with Crippen molar-refractivity contribution in [3.63, 3.8) is 0 Å². The molecule has 0 unspecified atom stereocenters. The minimum absolute atomic E-state index is 0.174. The average molecular weight is 215 g/mol. The Labute approximate surface area is 93.1 Å². The zero-order chi connectivity index (χ0) is 11.7. The first-order valence-electron chi connectivity index (χ1n) is 5.24. The topological polar surface area (TPSA) is 49.9 Å². The van der Waals surface area contributed by atoms with Gasteiger partial charge in [-0.3, -0.25) is 9.59 Å². The summed E-state index contributed by atoms with van der Waals surface area (Å²) >= 11 is 0. The smallest absolute Gasteiger partial charge is 0.259 e. The van der Waals surface area contributed by atoms with Gasteiger partial charge in [-0.1, -0.05) is 32.0 Å². The van der Waals surface area contributed by atoms with Gasteiger partial charge in [0.1, 0.15) is 0 Å². The number of hydrogen-bond acceptors (Lipinski definition) is 2. The van der Waals surface area contributed by atoms with Gasteiger partial charge in [-0.2, -0.15) is 0 Å². The van der Waals surface area contributed by atoms with E-state index in [4.69, 9.17) is 0 Å². The van der Waals surface area contributed by atoms with E-state index >= 15 is 0 Å². The van der Waals surface area contributed by atoms with Crippen LogP contribution in [-0.2, 0) is 0 Å². The van der Waals surface area contributed by atoms with E-state index in [0.717, 1.165) is 16.5 Å². The predicted molar refractivity (Wildman–Crippen MR) is 64.0 cm³/mol. The predicted octanol–water partition coefficient (Wildman–Crippen LogP) is 2.46. The number of benzene rings is 1.